The van der Waals surface area contributed by atoms with Crippen LogP contribution in [0.15, 0.2) is 30.3 Å². The number of hydrogen-bond donors (Lipinski definition) is 2. The van der Waals surface area contributed by atoms with Gasteiger partial charge in [-0.25, -0.2) is 14.9 Å². The predicted octanol–water partition coefficient (Wildman–Crippen LogP) is 1.83. The summed E-state index contributed by atoms with van der Waals surface area (Å²) >= 11 is 0. The van der Waals surface area contributed by atoms with Gasteiger partial charge >= 0.3 is 12.1 Å². The van der Waals surface area contributed by atoms with Crippen LogP contribution in [-0.4, -0.2) is 54.7 Å². The first-order chi connectivity index (χ1) is 14.9. The van der Waals surface area contributed by atoms with Crippen molar-refractivity contribution >= 4 is 23.9 Å². The fourth-order valence-corrected chi connectivity index (χ4v) is 3.30. The van der Waals surface area contributed by atoms with Gasteiger partial charge in [0.25, 0.3) is 5.91 Å². The number of carbonyl (C=O) groups excluding carboxylic acids is 4. The van der Waals surface area contributed by atoms with Gasteiger partial charge in [0.05, 0.1) is 13.2 Å². The third-order valence-electron chi connectivity index (χ3n) is 4.88. The monoisotopic (exact) mass is 432 g/mol. The van der Waals surface area contributed by atoms with Gasteiger partial charge in [0, 0.05) is 13.2 Å². The average Bonchev–Trinajstić information content (AvgIpc) is 2.76. The molecule has 31 heavy (non-hydrogen) atoms. The molecule has 1 aromatic rings. The Bertz CT molecular complexity index is 798. The summed E-state index contributed by atoms with van der Waals surface area (Å²) in [4.78, 5) is 50.6. The summed E-state index contributed by atoms with van der Waals surface area (Å²) in [5.41, 5.74) is 4.05. The van der Waals surface area contributed by atoms with Gasteiger partial charge in [-0.1, -0.05) is 50.6 Å². The second-order valence-corrected chi connectivity index (χ2v) is 6.79. The van der Waals surface area contributed by atoms with Gasteiger partial charge in [-0.15, -0.1) is 0 Å². The molecule has 0 spiro atoms. The normalized spacial score (nSPS) is 19.1. The minimum Gasteiger partial charge on any atom is -0.442 e. The number of benzene rings is 1. The summed E-state index contributed by atoms with van der Waals surface area (Å²) in [6, 6.07) is 7.67. The molecule has 2 rings (SSSR count). The molecule has 2 unspecified atom stereocenters. The maximum atomic E-state index is 13.3. The highest BCUT2D eigenvalue weighted by Gasteiger charge is 2.54. The van der Waals surface area contributed by atoms with E-state index in [0.717, 1.165) is 17.7 Å². The van der Waals surface area contributed by atoms with E-state index in [4.69, 9.17) is 20.5 Å². The average molecular weight is 432 g/mol. The van der Waals surface area contributed by atoms with Crippen LogP contribution in [-0.2, 0) is 24.5 Å². The molecule has 5 amide bonds. The smallest absolute Gasteiger partial charge is 0.404 e. The number of barbiturate groups is 1. The predicted molar refractivity (Wildman–Crippen MR) is 111 cm³/mol. The van der Waals surface area contributed by atoms with E-state index in [1.165, 1.54) is 0 Å². The van der Waals surface area contributed by atoms with Gasteiger partial charge < -0.3 is 15.2 Å². The number of unbranched alkanes of at least 4 members (excludes halogenated alkanes) is 1. The fourth-order valence-electron chi connectivity index (χ4n) is 3.30. The molecule has 1 saturated heterocycles. The van der Waals surface area contributed by atoms with Crippen molar-refractivity contribution < 1.29 is 28.7 Å². The van der Waals surface area contributed by atoms with Crippen molar-refractivity contribution in [2.24, 2.45) is 5.73 Å². The zero-order chi connectivity index (χ0) is 23.4. The molecule has 10 nitrogen and oxygen atoms in total. The first-order valence-electron chi connectivity index (χ1n) is 9.89. The van der Waals surface area contributed by atoms with Gasteiger partial charge in [0.15, 0.2) is 5.41 Å². The fraction of sp³-hybridized carbons (Fsp3) is 0.476. The third kappa shape index (κ3) is 6.02. The molecule has 1 aromatic carbocycles. The number of nitrogens with two attached hydrogens (primary N) is 1. The minimum absolute atomic E-state index is 0.0294. The highest BCUT2D eigenvalue weighted by Crippen LogP contribution is 2.33. The molecule has 0 aromatic heterocycles. The van der Waals surface area contributed by atoms with Crippen LogP contribution in [0.25, 0.3) is 0 Å². The number of hydrogen-bond acceptors (Lipinski definition) is 7. The van der Waals surface area contributed by atoms with Crippen molar-refractivity contribution in [3.63, 3.8) is 0 Å². The molecular weight excluding hydrogens is 404 g/mol. The Hall–Kier alpha value is -3.45. The maximum Gasteiger partial charge on any atom is 0.404 e. The highest BCUT2D eigenvalue weighted by atomic mass is 16.6. The first kappa shape index (κ1) is 25.6. The molecule has 1 aliphatic heterocycles. The van der Waals surface area contributed by atoms with Crippen LogP contribution in [0.1, 0.15) is 38.7 Å². The number of urea groups is 1. The van der Waals surface area contributed by atoms with E-state index in [2.05, 4.69) is 11.9 Å². The van der Waals surface area contributed by atoms with Crippen molar-refractivity contribution in [2.45, 2.75) is 44.6 Å². The number of amides is 5. The number of primary amides is 1. The highest BCUT2D eigenvalue weighted by molar-refractivity contribution is 6.22. The van der Waals surface area contributed by atoms with Crippen molar-refractivity contribution in [1.29, 1.82) is 5.26 Å². The molecule has 0 saturated carbocycles. The van der Waals surface area contributed by atoms with Crippen molar-refractivity contribution in [1.82, 2.24) is 10.2 Å². The number of nitrogens with zero attached hydrogens (tertiary/aromatic N) is 2. The minimum atomic E-state index is -1.55. The van der Waals surface area contributed by atoms with Crippen molar-refractivity contribution in [3.8, 4) is 6.57 Å². The number of imide groups is 2. The standard InChI is InChI=1S/C20H27N3O6.CHN/c1-3-5-11-28-13-15(29-18(21)26)12-23-17(25)20(4-2,16(24)22-19(23)27)14-9-7-6-8-10-14;1-2/h6-10,15H,3-5,11-13H2,1-2H3,(H2,21,26)(H,22,24,27);1H. The summed E-state index contributed by atoms with van der Waals surface area (Å²) in [7, 11) is 0. The summed E-state index contributed by atoms with van der Waals surface area (Å²) in [6.07, 6.45) is -0.0994. The topological polar surface area (TPSA) is 152 Å². The second-order valence-electron chi connectivity index (χ2n) is 6.79. The number of rotatable bonds is 10. The lowest BCUT2D eigenvalue weighted by Crippen LogP contribution is -2.67. The first-order valence-corrected chi connectivity index (χ1v) is 9.89. The van der Waals surface area contributed by atoms with Crippen LogP contribution in [0.4, 0.5) is 9.59 Å². The van der Waals surface area contributed by atoms with Gasteiger partial charge in [0.1, 0.15) is 6.10 Å². The largest absolute Gasteiger partial charge is 0.442 e. The van der Waals surface area contributed by atoms with Crippen LogP contribution >= 0.6 is 0 Å². The SMILES string of the molecule is C#N.CCCCOCC(CN1C(=O)NC(=O)C(CC)(c2ccccc2)C1=O)OC(N)=O. The Labute approximate surface area is 181 Å². The molecule has 168 valence electrons. The van der Waals surface area contributed by atoms with E-state index < -0.39 is 35.5 Å². The zero-order valence-electron chi connectivity index (χ0n) is 17.7. The van der Waals surface area contributed by atoms with E-state index in [1.54, 1.807) is 37.3 Å². The Balaban J connectivity index is 0.00000233. The Morgan fingerprint density at radius 1 is 1.23 bits per heavy atom. The molecule has 1 aliphatic rings. The number of nitriles is 1. The number of ether oxygens (including phenoxy) is 2. The lowest BCUT2D eigenvalue weighted by molar-refractivity contribution is -0.146. The van der Waals surface area contributed by atoms with Gasteiger partial charge in [0.2, 0.25) is 5.91 Å². The summed E-state index contributed by atoms with van der Waals surface area (Å²) < 4.78 is 10.5. The second kappa shape index (κ2) is 12.3. The Morgan fingerprint density at radius 3 is 2.42 bits per heavy atom. The van der Waals surface area contributed by atoms with E-state index >= 15 is 0 Å². The molecule has 3 N–H and O–H groups in total. The molecule has 1 fully saturated rings. The van der Waals surface area contributed by atoms with E-state index in [0.29, 0.717) is 12.2 Å². The summed E-state index contributed by atoms with van der Waals surface area (Å²) in [5.74, 6) is -1.35. The van der Waals surface area contributed by atoms with Crippen LogP contribution in [0.3, 0.4) is 0 Å². The molecule has 0 aliphatic carbocycles. The Morgan fingerprint density at radius 2 is 1.87 bits per heavy atom. The summed E-state index contributed by atoms with van der Waals surface area (Å²) in [5, 5.41) is 8.75. The van der Waals surface area contributed by atoms with E-state index in [-0.39, 0.29) is 19.6 Å². The number of nitrogens with one attached hydrogen (secondary N) is 1. The number of carbonyl (C=O) groups is 4. The van der Waals surface area contributed by atoms with Crippen LogP contribution < -0.4 is 11.1 Å². The quantitative estimate of drug-likeness (QED) is 0.422. The maximum absolute atomic E-state index is 13.3. The van der Waals surface area contributed by atoms with Crippen LogP contribution in [0, 0.1) is 11.8 Å². The van der Waals surface area contributed by atoms with Gasteiger partial charge in [-0.05, 0) is 18.4 Å². The molecule has 2 atom stereocenters. The third-order valence-corrected chi connectivity index (χ3v) is 4.88. The van der Waals surface area contributed by atoms with Crippen molar-refractivity contribution in [3.05, 3.63) is 35.9 Å². The van der Waals surface area contributed by atoms with Crippen molar-refractivity contribution in [2.75, 3.05) is 19.8 Å². The lowest BCUT2D eigenvalue weighted by atomic mass is 9.74. The zero-order valence-corrected chi connectivity index (χ0v) is 17.7. The Kier molecular flexibility index (Phi) is 10.1. The van der Waals surface area contributed by atoms with Crippen LogP contribution in [0.5, 0.6) is 0 Å². The molecule has 1 heterocycles. The lowest BCUT2D eigenvalue weighted by Gasteiger charge is -2.39. The molecular formula is C21H28N4O6. The summed E-state index contributed by atoms with van der Waals surface area (Å²) in [6.45, 7) is 7.34. The van der Waals surface area contributed by atoms with Gasteiger partial charge in [-0.2, -0.15) is 0 Å². The van der Waals surface area contributed by atoms with E-state index in [1.807, 2.05) is 6.92 Å². The van der Waals surface area contributed by atoms with Gasteiger partial charge in [-0.3, -0.25) is 19.8 Å². The molecule has 0 radical (unpaired) electrons. The molecule has 0 bridgehead atoms. The van der Waals surface area contributed by atoms with Crippen LogP contribution in [0.2, 0.25) is 0 Å². The molecule has 10 heteroatoms. The van der Waals surface area contributed by atoms with E-state index in [9.17, 15) is 19.2 Å².